The third-order valence-corrected chi connectivity index (χ3v) is 3.22. The zero-order valence-electron chi connectivity index (χ0n) is 10.1. The molecular weight excluding hydrogens is 257 g/mol. The molecule has 0 amide bonds. The summed E-state index contributed by atoms with van der Waals surface area (Å²) in [5.41, 5.74) is 0. The van der Waals surface area contributed by atoms with E-state index in [1.807, 2.05) is 12.1 Å². The van der Waals surface area contributed by atoms with E-state index >= 15 is 0 Å². The minimum absolute atomic E-state index is 0.502. The van der Waals surface area contributed by atoms with Crippen molar-refractivity contribution in [3.8, 4) is 5.75 Å². The van der Waals surface area contributed by atoms with E-state index in [0.29, 0.717) is 22.4 Å². The molecule has 0 radical (unpaired) electrons. The lowest BCUT2D eigenvalue weighted by molar-refractivity contribution is 0.305. The van der Waals surface area contributed by atoms with Crippen molar-refractivity contribution in [3.63, 3.8) is 0 Å². The molecule has 96 valence electrons. The van der Waals surface area contributed by atoms with Gasteiger partial charge in [0.15, 0.2) is 0 Å². The summed E-state index contributed by atoms with van der Waals surface area (Å²) in [7, 11) is 0. The summed E-state index contributed by atoms with van der Waals surface area (Å²) < 4.78 is 5.59. The Morgan fingerprint density at radius 1 is 1.18 bits per heavy atom. The van der Waals surface area contributed by atoms with Crippen LogP contribution in [0.15, 0.2) is 18.2 Å². The zero-order chi connectivity index (χ0) is 12.5. The molecule has 4 heteroatoms. The quantitative estimate of drug-likeness (QED) is 0.720. The van der Waals surface area contributed by atoms with Crippen LogP contribution < -0.4 is 10.1 Å². The second kappa shape index (κ2) is 8.62. The maximum atomic E-state index is 6.01. The largest absolute Gasteiger partial charge is 0.492 e. The molecule has 0 aliphatic carbocycles. The summed E-state index contributed by atoms with van der Waals surface area (Å²) >= 11 is 11.9. The van der Waals surface area contributed by atoms with Crippen molar-refractivity contribution in [2.45, 2.75) is 26.2 Å². The number of hydrogen-bond donors (Lipinski definition) is 1. The molecule has 0 spiro atoms. The van der Waals surface area contributed by atoms with Gasteiger partial charge in [0.1, 0.15) is 10.8 Å². The van der Waals surface area contributed by atoms with Gasteiger partial charge in [-0.15, -0.1) is 0 Å². The Morgan fingerprint density at radius 2 is 2.00 bits per heavy atom. The van der Waals surface area contributed by atoms with Gasteiger partial charge in [-0.1, -0.05) is 36.2 Å². The molecule has 0 heterocycles. The first kappa shape index (κ1) is 14.6. The van der Waals surface area contributed by atoms with E-state index in [-0.39, 0.29) is 0 Å². The van der Waals surface area contributed by atoms with Gasteiger partial charge in [0.25, 0.3) is 0 Å². The zero-order valence-corrected chi connectivity index (χ0v) is 11.7. The fourth-order valence-electron chi connectivity index (χ4n) is 1.48. The minimum atomic E-state index is 0.502. The van der Waals surface area contributed by atoms with Crippen LogP contribution in [-0.2, 0) is 0 Å². The number of ether oxygens (including phenoxy) is 1. The van der Waals surface area contributed by atoms with Crippen molar-refractivity contribution in [3.05, 3.63) is 28.2 Å². The summed E-state index contributed by atoms with van der Waals surface area (Å²) in [6, 6.07) is 5.44. The predicted molar refractivity (Wildman–Crippen MR) is 74.4 cm³/mol. The van der Waals surface area contributed by atoms with Crippen LogP contribution in [0.2, 0.25) is 10.0 Å². The molecule has 0 fully saturated rings. The number of unbranched alkanes of at least 4 members (excludes halogenated alkanes) is 2. The van der Waals surface area contributed by atoms with Gasteiger partial charge in [0.05, 0.1) is 11.6 Å². The Bertz CT molecular complexity index is 331. The minimum Gasteiger partial charge on any atom is -0.492 e. The van der Waals surface area contributed by atoms with E-state index < -0.39 is 0 Å². The molecule has 1 rings (SSSR count). The topological polar surface area (TPSA) is 21.3 Å². The van der Waals surface area contributed by atoms with Crippen molar-refractivity contribution in [2.24, 2.45) is 0 Å². The van der Waals surface area contributed by atoms with Gasteiger partial charge in [-0.2, -0.15) is 0 Å². The van der Waals surface area contributed by atoms with Crippen molar-refractivity contribution in [1.29, 1.82) is 0 Å². The average molecular weight is 276 g/mol. The van der Waals surface area contributed by atoms with Crippen molar-refractivity contribution < 1.29 is 4.74 Å². The standard InChI is InChI=1S/C13H19Cl2NO/c1-2-16-9-4-3-5-10-17-12-8-6-7-11(14)13(12)15/h6-8,16H,2-5,9-10H2,1H3. The van der Waals surface area contributed by atoms with Crippen LogP contribution in [0.25, 0.3) is 0 Å². The van der Waals surface area contributed by atoms with Crippen LogP contribution >= 0.6 is 23.2 Å². The van der Waals surface area contributed by atoms with E-state index in [9.17, 15) is 0 Å². The lowest BCUT2D eigenvalue weighted by Crippen LogP contribution is -2.14. The molecule has 0 atom stereocenters. The molecule has 0 saturated heterocycles. The van der Waals surface area contributed by atoms with Crippen LogP contribution in [0, 0.1) is 0 Å². The molecule has 1 aromatic carbocycles. The highest BCUT2D eigenvalue weighted by molar-refractivity contribution is 6.42. The monoisotopic (exact) mass is 275 g/mol. The summed E-state index contributed by atoms with van der Waals surface area (Å²) in [6.45, 7) is 4.92. The fourth-order valence-corrected chi connectivity index (χ4v) is 1.83. The molecule has 17 heavy (non-hydrogen) atoms. The Balaban J connectivity index is 2.16. The Hall–Kier alpha value is -0.440. The predicted octanol–water partition coefficient (Wildman–Crippen LogP) is 4.15. The Kier molecular flexibility index (Phi) is 7.41. The van der Waals surface area contributed by atoms with Gasteiger partial charge in [-0.05, 0) is 44.5 Å². The van der Waals surface area contributed by atoms with E-state index in [0.717, 1.165) is 25.9 Å². The lowest BCUT2D eigenvalue weighted by atomic mass is 10.2. The molecule has 0 aromatic heterocycles. The molecular formula is C13H19Cl2NO. The second-order valence-electron chi connectivity index (χ2n) is 3.81. The summed E-state index contributed by atoms with van der Waals surface area (Å²) in [6.07, 6.45) is 3.37. The number of nitrogens with one attached hydrogen (secondary N) is 1. The molecule has 1 aromatic rings. The first-order chi connectivity index (χ1) is 8.25. The van der Waals surface area contributed by atoms with Crippen LogP contribution in [0.4, 0.5) is 0 Å². The van der Waals surface area contributed by atoms with Gasteiger partial charge < -0.3 is 10.1 Å². The van der Waals surface area contributed by atoms with E-state index in [1.54, 1.807) is 6.07 Å². The molecule has 0 unspecified atom stereocenters. The molecule has 2 nitrogen and oxygen atoms in total. The maximum Gasteiger partial charge on any atom is 0.139 e. The third kappa shape index (κ3) is 5.62. The average Bonchev–Trinajstić information content (AvgIpc) is 2.33. The molecule has 0 aliphatic heterocycles. The maximum absolute atomic E-state index is 6.01. The van der Waals surface area contributed by atoms with E-state index in [2.05, 4.69) is 12.2 Å². The number of hydrogen-bond acceptors (Lipinski definition) is 2. The van der Waals surface area contributed by atoms with Crippen LogP contribution in [0.1, 0.15) is 26.2 Å². The normalized spacial score (nSPS) is 10.5. The summed E-state index contributed by atoms with van der Waals surface area (Å²) in [5.74, 6) is 0.672. The Morgan fingerprint density at radius 3 is 2.76 bits per heavy atom. The van der Waals surface area contributed by atoms with Gasteiger partial charge in [0.2, 0.25) is 0 Å². The second-order valence-corrected chi connectivity index (χ2v) is 4.60. The van der Waals surface area contributed by atoms with Crippen LogP contribution in [-0.4, -0.2) is 19.7 Å². The Labute approximate surface area is 113 Å². The van der Waals surface area contributed by atoms with Crippen LogP contribution in [0.3, 0.4) is 0 Å². The number of benzene rings is 1. The number of rotatable bonds is 8. The van der Waals surface area contributed by atoms with Crippen molar-refractivity contribution >= 4 is 23.2 Å². The third-order valence-electron chi connectivity index (χ3n) is 2.42. The van der Waals surface area contributed by atoms with E-state index in [1.165, 1.54) is 6.42 Å². The van der Waals surface area contributed by atoms with Crippen LogP contribution in [0.5, 0.6) is 5.75 Å². The highest BCUT2D eigenvalue weighted by Gasteiger charge is 2.04. The number of halogens is 2. The lowest BCUT2D eigenvalue weighted by Gasteiger charge is -2.08. The van der Waals surface area contributed by atoms with Gasteiger partial charge in [-0.25, -0.2) is 0 Å². The van der Waals surface area contributed by atoms with Crippen molar-refractivity contribution in [1.82, 2.24) is 5.32 Å². The molecule has 1 N–H and O–H groups in total. The first-order valence-electron chi connectivity index (χ1n) is 6.03. The van der Waals surface area contributed by atoms with Gasteiger partial charge in [0, 0.05) is 0 Å². The first-order valence-corrected chi connectivity index (χ1v) is 6.78. The fraction of sp³-hybridized carbons (Fsp3) is 0.538. The van der Waals surface area contributed by atoms with Gasteiger partial charge in [-0.3, -0.25) is 0 Å². The summed E-state index contributed by atoms with van der Waals surface area (Å²) in [5, 5.41) is 4.33. The van der Waals surface area contributed by atoms with E-state index in [4.69, 9.17) is 27.9 Å². The highest BCUT2D eigenvalue weighted by Crippen LogP contribution is 2.31. The molecule has 0 saturated carbocycles. The van der Waals surface area contributed by atoms with Gasteiger partial charge >= 0.3 is 0 Å². The molecule has 0 bridgehead atoms. The summed E-state index contributed by atoms with van der Waals surface area (Å²) in [4.78, 5) is 0. The SMILES string of the molecule is CCNCCCCCOc1cccc(Cl)c1Cl. The molecule has 0 aliphatic rings. The smallest absolute Gasteiger partial charge is 0.139 e. The highest BCUT2D eigenvalue weighted by atomic mass is 35.5. The van der Waals surface area contributed by atoms with Crippen molar-refractivity contribution in [2.75, 3.05) is 19.7 Å².